The molecule has 0 amide bonds. The highest BCUT2D eigenvalue weighted by Crippen LogP contribution is 2.19. The van der Waals surface area contributed by atoms with Gasteiger partial charge in [-0.25, -0.2) is 0 Å². The van der Waals surface area contributed by atoms with Crippen LogP contribution in [0.5, 0.6) is 0 Å². The molecule has 0 aliphatic carbocycles. The average molecular weight is 166 g/mol. The molecular weight excluding hydrogens is 148 g/mol. The molecule has 2 nitrogen and oxygen atoms in total. The van der Waals surface area contributed by atoms with E-state index in [1.807, 2.05) is 0 Å². The van der Waals surface area contributed by atoms with Crippen molar-refractivity contribution in [1.29, 1.82) is 5.26 Å². The number of nitrogens with zero attached hydrogens (tertiary/aromatic N) is 2. The summed E-state index contributed by atoms with van der Waals surface area (Å²) in [5.74, 6) is 0. The zero-order valence-electron chi connectivity index (χ0n) is 7.92. The minimum Gasteiger partial charge on any atom is -0.299 e. The molecule has 0 radical (unpaired) electrons. The summed E-state index contributed by atoms with van der Waals surface area (Å²) in [6.07, 6.45) is 5.80. The normalized spacial score (nSPS) is 25.2. The lowest BCUT2D eigenvalue weighted by Gasteiger charge is -2.34. The summed E-state index contributed by atoms with van der Waals surface area (Å²) < 4.78 is 0. The van der Waals surface area contributed by atoms with Gasteiger partial charge in [-0.1, -0.05) is 13.3 Å². The highest BCUT2D eigenvalue weighted by molar-refractivity contribution is 4.85. The van der Waals surface area contributed by atoms with Crippen LogP contribution in [0.1, 0.15) is 39.0 Å². The van der Waals surface area contributed by atoms with Crippen molar-refractivity contribution in [1.82, 2.24) is 4.90 Å². The fourth-order valence-corrected chi connectivity index (χ4v) is 1.98. The van der Waals surface area contributed by atoms with Crippen molar-refractivity contribution < 1.29 is 0 Å². The first-order valence-corrected chi connectivity index (χ1v) is 4.99. The van der Waals surface area contributed by atoms with Gasteiger partial charge in [0.05, 0.1) is 12.5 Å². The zero-order chi connectivity index (χ0) is 8.81. The fraction of sp³-hybridized carbons (Fsp3) is 0.900. The predicted molar refractivity (Wildman–Crippen MR) is 49.7 cm³/mol. The smallest absolute Gasteiger partial charge is 0.0638 e. The average Bonchev–Trinajstić information content (AvgIpc) is 2.09. The van der Waals surface area contributed by atoms with E-state index in [1.54, 1.807) is 0 Å². The summed E-state index contributed by atoms with van der Waals surface area (Å²) in [7, 11) is 0. The monoisotopic (exact) mass is 166 g/mol. The Hall–Kier alpha value is -0.550. The van der Waals surface area contributed by atoms with Crippen LogP contribution in [-0.2, 0) is 0 Å². The number of nitriles is 1. The van der Waals surface area contributed by atoms with E-state index in [2.05, 4.69) is 17.9 Å². The molecule has 0 aromatic carbocycles. The molecule has 2 heteroatoms. The molecule has 0 aromatic rings. The lowest BCUT2D eigenvalue weighted by molar-refractivity contribution is 0.151. The van der Waals surface area contributed by atoms with Crippen LogP contribution in [0.2, 0.25) is 0 Å². The maximum atomic E-state index is 8.63. The first-order chi connectivity index (χ1) is 5.88. The third-order valence-electron chi connectivity index (χ3n) is 2.59. The Bertz CT molecular complexity index is 158. The molecule has 12 heavy (non-hydrogen) atoms. The molecule has 0 saturated carbocycles. The van der Waals surface area contributed by atoms with Gasteiger partial charge in [0.1, 0.15) is 0 Å². The summed E-state index contributed by atoms with van der Waals surface area (Å²) in [5, 5.41) is 8.63. The molecule has 1 saturated heterocycles. The van der Waals surface area contributed by atoms with E-state index in [0.29, 0.717) is 6.04 Å². The second-order valence-corrected chi connectivity index (χ2v) is 3.55. The second kappa shape index (κ2) is 5.16. The van der Waals surface area contributed by atoms with Gasteiger partial charge in [-0.15, -0.1) is 0 Å². The molecule has 1 atom stereocenters. The van der Waals surface area contributed by atoms with Gasteiger partial charge in [-0.3, -0.25) is 4.90 Å². The van der Waals surface area contributed by atoms with Crippen LogP contribution in [0.4, 0.5) is 0 Å². The van der Waals surface area contributed by atoms with Gasteiger partial charge in [-0.2, -0.15) is 5.26 Å². The van der Waals surface area contributed by atoms with Crippen LogP contribution in [0.25, 0.3) is 0 Å². The highest BCUT2D eigenvalue weighted by Gasteiger charge is 2.20. The minimum absolute atomic E-state index is 0.559. The molecule has 0 aromatic heterocycles. The van der Waals surface area contributed by atoms with Crippen molar-refractivity contribution in [2.24, 2.45) is 0 Å². The van der Waals surface area contributed by atoms with E-state index in [4.69, 9.17) is 5.26 Å². The van der Waals surface area contributed by atoms with Gasteiger partial charge in [0, 0.05) is 6.04 Å². The molecule has 1 fully saturated rings. The van der Waals surface area contributed by atoms with Gasteiger partial charge < -0.3 is 0 Å². The van der Waals surface area contributed by atoms with Crippen molar-refractivity contribution >= 4 is 0 Å². The van der Waals surface area contributed by atoms with Gasteiger partial charge in [0.25, 0.3) is 0 Å². The minimum atomic E-state index is 0.559. The molecule has 0 N–H and O–H groups in total. The van der Waals surface area contributed by atoms with Crippen LogP contribution >= 0.6 is 0 Å². The van der Waals surface area contributed by atoms with Crippen LogP contribution in [0, 0.1) is 11.3 Å². The van der Waals surface area contributed by atoms with Crippen LogP contribution in [0.3, 0.4) is 0 Å². The summed E-state index contributed by atoms with van der Waals surface area (Å²) in [5.41, 5.74) is 0. The number of rotatable bonds is 3. The quantitative estimate of drug-likeness (QED) is 0.642. The van der Waals surface area contributed by atoms with Crippen LogP contribution in [0.15, 0.2) is 0 Å². The van der Waals surface area contributed by atoms with E-state index in [1.165, 1.54) is 38.8 Å². The van der Waals surface area contributed by atoms with Gasteiger partial charge in [0.15, 0.2) is 0 Å². The SMILES string of the molecule is CCCN1CCCCC1CC#N. The largest absolute Gasteiger partial charge is 0.299 e. The van der Waals surface area contributed by atoms with E-state index < -0.39 is 0 Å². The molecule has 1 rings (SSSR count). The van der Waals surface area contributed by atoms with Crippen molar-refractivity contribution in [2.75, 3.05) is 13.1 Å². The van der Waals surface area contributed by atoms with E-state index in [0.717, 1.165) is 6.42 Å². The first-order valence-electron chi connectivity index (χ1n) is 4.99. The van der Waals surface area contributed by atoms with Gasteiger partial charge in [0.2, 0.25) is 0 Å². The summed E-state index contributed by atoms with van der Waals surface area (Å²) in [4.78, 5) is 2.48. The van der Waals surface area contributed by atoms with Crippen molar-refractivity contribution in [3.63, 3.8) is 0 Å². The van der Waals surface area contributed by atoms with Gasteiger partial charge >= 0.3 is 0 Å². The molecule has 0 spiro atoms. The third-order valence-corrected chi connectivity index (χ3v) is 2.59. The first kappa shape index (κ1) is 9.54. The molecule has 68 valence electrons. The third kappa shape index (κ3) is 2.49. The second-order valence-electron chi connectivity index (χ2n) is 3.55. The van der Waals surface area contributed by atoms with Crippen molar-refractivity contribution in [3.8, 4) is 6.07 Å². The molecular formula is C10H18N2. The highest BCUT2D eigenvalue weighted by atomic mass is 15.2. The maximum absolute atomic E-state index is 8.63. The lowest BCUT2D eigenvalue weighted by Crippen LogP contribution is -2.39. The zero-order valence-corrected chi connectivity index (χ0v) is 7.92. The lowest BCUT2D eigenvalue weighted by atomic mass is 10.00. The van der Waals surface area contributed by atoms with E-state index >= 15 is 0 Å². The summed E-state index contributed by atoms with van der Waals surface area (Å²) in [6.45, 7) is 4.59. The summed E-state index contributed by atoms with van der Waals surface area (Å²) in [6, 6.07) is 2.84. The summed E-state index contributed by atoms with van der Waals surface area (Å²) >= 11 is 0. The molecule has 1 aliphatic rings. The van der Waals surface area contributed by atoms with E-state index in [-0.39, 0.29) is 0 Å². The molecule has 1 unspecified atom stereocenters. The Labute approximate surface area is 75.2 Å². The van der Waals surface area contributed by atoms with Gasteiger partial charge in [-0.05, 0) is 32.4 Å². The molecule has 0 bridgehead atoms. The number of hydrogen-bond acceptors (Lipinski definition) is 2. The van der Waals surface area contributed by atoms with E-state index in [9.17, 15) is 0 Å². The fourth-order valence-electron chi connectivity index (χ4n) is 1.98. The molecule has 1 aliphatic heterocycles. The Balaban J connectivity index is 2.38. The van der Waals surface area contributed by atoms with Crippen molar-refractivity contribution in [3.05, 3.63) is 0 Å². The van der Waals surface area contributed by atoms with Crippen LogP contribution in [-0.4, -0.2) is 24.0 Å². The molecule has 1 heterocycles. The standard InChI is InChI=1S/C10H18N2/c1-2-8-12-9-4-3-5-10(12)6-7-11/h10H,2-6,8-9H2,1H3. The Morgan fingerprint density at radius 1 is 1.50 bits per heavy atom. The topological polar surface area (TPSA) is 27.0 Å². The van der Waals surface area contributed by atoms with Crippen LogP contribution < -0.4 is 0 Å². The predicted octanol–water partition coefficient (Wildman–Crippen LogP) is 2.16. The Kier molecular flexibility index (Phi) is 4.10. The Morgan fingerprint density at radius 3 is 3.00 bits per heavy atom. The maximum Gasteiger partial charge on any atom is 0.0638 e. The number of hydrogen-bond donors (Lipinski definition) is 0. The Morgan fingerprint density at radius 2 is 2.33 bits per heavy atom. The number of likely N-dealkylation sites (tertiary alicyclic amines) is 1. The van der Waals surface area contributed by atoms with Crippen molar-refractivity contribution in [2.45, 2.75) is 45.1 Å². The number of piperidine rings is 1.